The molecule has 20 heavy (non-hydrogen) atoms. The number of nitrogens with zero attached hydrogens (tertiary/aromatic N) is 2. The van der Waals surface area contributed by atoms with Crippen molar-refractivity contribution in [2.75, 3.05) is 0 Å². The average Bonchev–Trinajstić information content (AvgIpc) is 2.48. The van der Waals surface area contributed by atoms with Gasteiger partial charge in [-0.05, 0) is 42.8 Å². The van der Waals surface area contributed by atoms with Crippen LogP contribution in [-0.4, -0.2) is 13.4 Å². The Labute approximate surface area is 118 Å². The molecule has 2 rings (SSSR count). The molecule has 1 N–H and O–H groups in total. The normalized spacial score (nSPS) is 12.6. The van der Waals surface area contributed by atoms with Crippen LogP contribution in [0.4, 0.5) is 0 Å². The number of benzene rings is 1. The standard InChI is InChI=1S/C14H13N3O2S/c1-11(13-5-7-16-8-6-13)17-20(18,19)14-4-2-3-12(9-14)10-15/h2-9,11,17H,1H3. The van der Waals surface area contributed by atoms with E-state index in [0.717, 1.165) is 5.56 Å². The second kappa shape index (κ2) is 5.82. The second-order valence-electron chi connectivity index (χ2n) is 4.26. The maximum absolute atomic E-state index is 12.2. The first-order valence-corrected chi connectivity index (χ1v) is 7.43. The third-order valence-corrected chi connectivity index (χ3v) is 4.35. The Bertz CT molecular complexity index is 737. The summed E-state index contributed by atoms with van der Waals surface area (Å²) in [7, 11) is -3.66. The molecule has 0 aliphatic rings. The van der Waals surface area contributed by atoms with Crippen LogP contribution in [0.1, 0.15) is 24.1 Å². The highest BCUT2D eigenvalue weighted by molar-refractivity contribution is 7.89. The molecule has 0 saturated heterocycles. The highest BCUT2D eigenvalue weighted by Gasteiger charge is 2.18. The quantitative estimate of drug-likeness (QED) is 0.932. The molecule has 1 atom stereocenters. The Morgan fingerprint density at radius 2 is 1.95 bits per heavy atom. The number of sulfonamides is 1. The molecular formula is C14H13N3O2S. The number of rotatable bonds is 4. The van der Waals surface area contributed by atoms with Gasteiger partial charge in [0.25, 0.3) is 0 Å². The van der Waals surface area contributed by atoms with Crippen molar-refractivity contribution in [3.8, 4) is 6.07 Å². The molecule has 0 aliphatic heterocycles. The summed E-state index contributed by atoms with van der Waals surface area (Å²) < 4.78 is 27.1. The van der Waals surface area contributed by atoms with Crippen molar-refractivity contribution in [3.05, 3.63) is 59.9 Å². The molecule has 2 aromatic rings. The molecule has 0 spiro atoms. The van der Waals surface area contributed by atoms with E-state index in [-0.39, 0.29) is 10.9 Å². The van der Waals surface area contributed by atoms with E-state index in [9.17, 15) is 8.42 Å². The largest absolute Gasteiger partial charge is 0.265 e. The molecule has 6 heteroatoms. The van der Waals surface area contributed by atoms with Gasteiger partial charge < -0.3 is 0 Å². The SMILES string of the molecule is CC(NS(=O)(=O)c1cccc(C#N)c1)c1ccncc1. The van der Waals surface area contributed by atoms with Crippen LogP contribution >= 0.6 is 0 Å². The molecule has 1 aromatic carbocycles. The fourth-order valence-electron chi connectivity index (χ4n) is 1.75. The minimum Gasteiger partial charge on any atom is -0.265 e. The number of aromatic nitrogens is 1. The summed E-state index contributed by atoms with van der Waals surface area (Å²) in [5.74, 6) is 0. The fourth-order valence-corrected chi connectivity index (χ4v) is 3.03. The van der Waals surface area contributed by atoms with Crippen LogP contribution in [0, 0.1) is 11.3 Å². The lowest BCUT2D eigenvalue weighted by molar-refractivity contribution is 0.567. The lowest BCUT2D eigenvalue weighted by atomic mass is 10.1. The summed E-state index contributed by atoms with van der Waals surface area (Å²) in [6, 6.07) is 11.0. The van der Waals surface area contributed by atoms with Gasteiger partial charge in [0.15, 0.2) is 0 Å². The van der Waals surface area contributed by atoms with E-state index in [1.807, 2.05) is 6.07 Å². The smallest absolute Gasteiger partial charge is 0.241 e. The molecule has 0 fully saturated rings. The molecule has 0 saturated carbocycles. The lowest BCUT2D eigenvalue weighted by Crippen LogP contribution is -2.26. The zero-order chi connectivity index (χ0) is 14.6. The predicted molar refractivity (Wildman–Crippen MR) is 74.1 cm³/mol. The summed E-state index contributed by atoms with van der Waals surface area (Å²) in [6.07, 6.45) is 3.22. The van der Waals surface area contributed by atoms with E-state index >= 15 is 0 Å². The van der Waals surface area contributed by atoms with E-state index < -0.39 is 10.0 Å². The Morgan fingerprint density at radius 3 is 2.60 bits per heavy atom. The van der Waals surface area contributed by atoms with Crippen LogP contribution in [0.3, 0.4) is 0 Å². The van der Waals surface area contributed by atoms with Crippen molar-refractivity contribution in [1.82, 2.24) is 9.71 Å². The maximum atomic E-state index is 12.2. The van der Waals surface area contributed by atoms with Gasteiger partial charge in [-0.1, -0.05) is 6.07 Å². The number of nitrogens with one attached hydrogen (secondary N) is 1. The van der Waals surface area contributed by atoms with Gasteiger partial charge >= 0.3 is 0 Å². The molecule has 102 valence electrons. The first kappa shape index (κ1) is 14.2. The Hall–Kier alpha value is -2.23. The highest BCUT2D eigenvalue weighted by atomic mass is 32.2. The summed E-state index contributed by atoms with van der Waals surface area (Å²) in [4.78, 5) is 3.97. The Balaban J connectivity index is 2.25. The summed E-state index contributed by atoms with van der Waals surface area (Å²) in [5.41, 5.74) is 1.13. The zero-order valence-corrected chi connectivity index (χ0v) is 11.6. The van der Waals surface area contributed by atoms with Crippen LogP contribution in [0.25, 0.3) is 0 Å². The van der Waals surface area contributed by atoms with Crippen molar-refractivity contribution >= 4 is 10.0 Å². The van der Waals surface area contributed by atoms with Gasteiger partial charge in [0.05, 0.1) is 16.5 Å². The fraction of sp³-hybridized carbons (Fsp3) is 0.143. The van der Waals surface area contributed by atoms with Gasteiger partial charge in [0, 0.05) is 18.4 Å². The number of hydrogen-bond donors (Lipinski definition) is 1. The van der Waals surface area contributed by atoms with Gasteiger partial charge in [0.1, 0.15) is 0 Å². The van der Waals surface area contributed by atoms with E-state index in [2.05, 4.69) is 9.71 Å². The van der Waals surface area contributed by atoms with E-state index in [1.165, 1.54) is 12.1 Å². The minimum atomic E-state index is -3.66. The van der Waals surface area contributed by atoms with Crippen molar-refractivity contribution < 1.29 is 8.42 Å². The molecule has 5 nitrogen and oxygen atoms in total. The first-order valence-electron chi connectivity index (χ1n) is 5.95. The molecule has 0 radical (unpaired) electrons. The molecular weight excluding hydrogens is 274 g/mol. The van der Waals surface area contributed by atoms with E-state index in [4.69, 9.17) is 5.26 Å². The Morgan fingerprint density at radius 1 is 1.25 bits per heavy atom. The van der Waals surface area contributed by atoms with Crippen molar-refractivity contribution in [2.45, 2.75) is 17.9 Å². The monoisotopic (exact) mass is 287 g/mol. The molecule has 1 unspecified atom stereocenters. The van der Waals surface area contributed by atoms with Crippen LogP contribution < -0.4 is 4.72 Å². The van der Waals surface area contributed by atoms with Gasteiger partial charge in [-0.15, -0.1) is 0 Å². The first-order chi connectivity index (χ1) is 9.53. The van der Waals surface area contributed by atoms with Crippen LogP contribution in [-0.2, 0) is 10.0 Å². The van der Waals surface area contributed by atoms with Crippen LogP contribution in [0.2, 0.25) is 0 Å². The predicted octanol–water partition coefficient (Wildman–Crippen LogP) is 1.99. The summed E-state index contributed by atoms with van der Waals surface area (Å²) in [5, 5.41) is 8.82. The van der Waals surface area contributed by atoms with Crippen molar-refractivity contribution in [3.63, 3.8) is 0 Å². The summed E-state index contributed by atoms with van der Waals surface area (Å²) >= 11 is 0. The molecule has 0 aliphatic carbocycles. The summed E-state index contributed by atoms with van der Waals surface area (Å²) in [6.45, 7) is 1.75. The molecule has 0 bridgehead atoms. The number of pyridine rings is 1. The molecule has 1 aromatic heterocycles. The number of nitriles is 1. The van der Waals surface area contributed by atoms with Crippen LogP contribution in [0.15, 0.2) is 53.7 Å². The number of hydrogen-bond acceptors (Lipinski definition) is 4. The topological polar surface area (TPSA) is 82.9 Å². The lowest BCUT2D eigenvalue weighted by Gasteiger charge is -2.14. The van der Waals surface area contributed by atoms with Gasteiger partial charge in [-0.3, -0.25) is 4.98 Å². The van der Waals surface area contributed by atoms with Crippen molar-refractivity contribution in [2.24, 2.45) is 0 Å². The Kier molecular flexibility index (Phi) is 4.13. The van der Waals surface area contributed by atoms with Gasteiger partial charge in [-0.25, -0.2) is 13.1 Å². The highest BCUT2D eigenvalue weighted by Crippen LogP contribution is 2.17. The van der Waals surface area contributed by atoms with E-state index in [1.54, 1.807) is 43.6 Å². The molecule has 0 amide bonds. The molecule has 1 heterocycles. The third-order valence-electron chi connectivity index (χ3n) is 2.81. The van der Waals surface area contributed by atoms with E-state index in [0.29, 0.717) is 5.56 Å². The zero-order valence-electron chi connectivity index (χ0n) is 10.8. The van der Waals surface area contributed by atoms with Gasteiger partial charge in [-0.2, -0.15) is 5.26 Å². The van der Waals surface area contributed by atoms with Crippen molar-refractivity contribution in [1.29, 1.82) is 5.26 Å². The average molecular weight is 287 g/mol. The van der Waals surface area contributed by atoms with Crippen LogP contribution in [0.5, 0.6) is 0 Å². The maximum Gasteiger partial charge on any atom is 0.241 e. The van der Waals surface area contributed by atoms with Gasteiger partial charge in [0.2, 0.25) is 10.0 Å². The second-order valence-corrected chi connectivity index (χ2v) is 5.98. The minimum absolute atomic E-state index is 0.0810. The third kappa shape index (κ3) is 3.20.